The Balaban J connectivity index is 2.08. The molecule has 2 atom stereocenters. The number of anilines is 1. The number of para-hydroxylation sites is 1. The van der Waals surface area contributed by atoms with Gasteiger partial charge in [-0.25, -0.2) is 8.42 Å². The van der Waals surface area contributed by atoms with Crippen molar-refractivity contribution < 1.29 is 8.42 Å². The van der Waals surface area contributed by atoms with E-state index in [4.69, 9.17) is 0 Å². The Bertz CT molecular complexity index is 566. The Morgan fingerprint density at radius 3 is 2.62 bits per heavy atom. The predicted molar refractivity (Wildman–Crippen MR) is 88.4 cm³/mol. The molecule has 0 spiro atoms. The Labute approximate surface area is 129 Å². The van der Waals surface area contributed by atoms with Gasteiger partial charge in [0.1, 0.15) is 0 Å². The molecule has 21 heavy (non-hydrogen) atoms. The maximum atomic E-state index is 11.9. The SMILES string of the molecule is CC(C)CC1CCCC(Nc2ccccc2S(C)(=O)=O)C1. The van der Waals surface area contributed by atoms with E-state index in [0.717, 1.165) is 30.4 Å². The second kappa shape index (κ2) is 6.82. The Morgan fingerprint density at radius 2 is 1.95 bits per heavy atom. The average Bonchev–Trinajstić information content (AvgIpc) is 2.37. The molecule has 4 heteroatoms. The van der Waals surface area contributed by atoms with Crippen LogP contribution in [-0.2, 0) is 9.84 Å². The van der Waals surface area contributed by atoms with Crippen LogP contribution in [0.2, 0.25) is 0 Å². The lowest BCUT2D eigenvalue weighted by Crippen LogP contribution is -2.28. The zero-order chi connectivity index (χ0) is 15.5. The van der Waals surface area contributed by atoms with Gasteiger partial charge in [0.05, 0.1) is 10.6 Å². The number of hydrogen-bond donors (Lipinski definition) is 1. The third kappa shape index (κ3) is 4.73. The molecule has 1 aliphatic carbocycles. The topological polar surface area (TPSA) is 46.2 Å². The van der Waals surface area contributed by atoms with E-state index < -0.39 is 9.84 Å². The van der Waals surface area contributed by atoms with Gasteiger partial charge in [-0.2, -0.15) is 0 Å². The van der Waals surface area contributed by atoms with Crippen LogP contribution in [0.3, 0.4) is 0 Å². The minimum absolute atomic E-state index is 0.394. The molecule has 0 saturated heterocycles. The lowest BCUT2D eigenvalue weighted by atomic mass is 9.81. The average molecular weight is 309 g/mol. The molecule has 1 aromatic carbocycles. The highest BCUT2D eigenvalue weighted by Gasteiger charge is 2.24. The molecule has 0 aromatic heterocycles. The molecule has 1 fully saturated rings. The van der Waals surface area contributed by atoms with Crippen molar-refractivity contribution in [3.63, 3.8) is 0 Å². The van der Waals surface area contributed by atoms with Gasteiger partial charge in [0.25, 0.3) is 0 Å². The molecule has 0 aliphatic heterocycles. The number of hydrogen-bond acceptors (Lipinski definition) is 3. The lowest BCUT2D eigenvalue weighted by Gasteiger charge is -2.31. The normalized spacial score (nSPS) is 23.2. The van der Waals surface area contributed by atoms with Gasteiger partial charge in [-0.1, -0.05) is 38.8 Å². The van der Waals surface area contributed by atoms with Crippen molar-refractivity contribution in [2.24, 2.45) is 11.8 Å². The van der Waals surface area contributed by atoms with Crippen LogP contribution in [0.25, 0.3) is 0 Å². The second-order valence-corrected chi connectivity index (χ2v) is 8.76. The van der Waals surface area contributed by atoms with E-state index in [0.29, 0.717) is 10.9 Å². The quantitative estimate of drug-likeness (QED) is 0.890. The van der Waals surface area contributed by atoms with Crippen LogP contribution in [0.5, 0.6) is 0 Å². The largest absolute Gasteiger partial charge is 0.381 e. The van der Waals surface area contributed by atoms with Crippen molar-refractivity contribution in [2.75, 3.05) is 11.6 Å². The lowest BCUT2D eigenvalue weighted by molar-refractivity contribution is 0.289. The fourth-order valence-corrected chi connectivity index (χ4v) is 4.28. The molecule has 1 saturated carbocycles. The maximum absolute atomic E-state index is 11.9. The minimum atomic E-state index is -3.18. The fraction of sp³-hybridized carbons (Fsp3) is 0.647. The van der Waals surface area contributed by atoms with Gasteiger partial charge in [0.15, 0.2) is 9.84 Å². The highest BCUT2D eigenvalue weighted by molar-refractivity contribution is 7.90. The standard InChI is InChI=1S/C17H27NO2S/c1-13(2)11-14-7-6-8-15(12-14)18-16-9-4-5-10-17(16)21(3,19)20/h4-5,9-10,13-15,18H,6-8,11-12H2,1-3H3. The van der Waals surface area contributed by atoms with Crippen LogP contribution in [0.1, 0.15) is 46.0 Å². The molecule has 0 amide bonds. The van der Waals surface area contributed by atoms with Crippen LogP contribution in [0.15, 0.2) is 29.2 Å². The van der Waals surface area contributed by atoms with Crippen LogP contribution in [-0.4, -0.2) is 20.7 Å². The monoisotopic (exact) mass is 309 g/mol. The summed E-state index contributed by atoms with van der Waals surface area (Å²) in [5, 5.41) is 3.48. The third-order valence-electron chi connectivity index (χ3n) is 4.23. The summed E-state index contributed by atoms with van der Waals surface area (Å²) in [4.78, 5) is 0.413. The van der Waals surface area contributed by atoms with Gasteiger partial charge in [0.2, 0.25) is 0 Å². The van der Waals surface area contributed by atoms with Crippen LogP contribution >= 0.6 is 0 Å². The molecule has 1 N–H and O–H groups in total. The van der Waals surface area contributed by atoms with Crippen molar-refractivity contribution in [1.29, 1.82) is 0 Å². The summed E-state index contributed by atoms with van der Waals surface area (Å²) in [7, 11) is -3.18. The van der Waals surface area contributed by atoms with Gasteiger partial charge < -0.3 is 5.32 Å². The van der Waals surface area contributed by atoms with Crippen LogP contribution in [0.4, 0.5) is 5.69 Å². The zero-order valence-electron chi connectivity index (χ0n) is 13.3. The van der Waals surface area contributed by atoms with E-state index in [-0.39, 0.29) is 0 Å². The molecule has 2 rings (SSSR count). The maximum Gasteiger partial charge on any atom is 0.177 e. The molecule has 0 bridgehead atoms. The Kier molecular flexibility index (Phi) is 5.31. The van der Waals surface area contributed by atoms with E-state index >= 15 is 0 Å². The molecule has 118 valence electrons. The number of sulfone groups is 1. The minimum Gasteiger partial charge on any atom is -0.381 e. The van der Waals surface area contributed by atoms with Gasteiger partial charge in [-0.05, 0) is 43.2 Å². The van der Waals surface area contributed by atoms with E-state index in [1.54, 1.807) is 12.1 Å². The molecule has 2 unspecified atom stereocenters. The van der Waals surface area contributed by atoms with Crippen molar-refractivity contribution in [3.8, 4) is 0 Å². The summed E-state index contributed by atoms with van der Waals surface area (Å²) in [5.41, 5.74) is 0.759. The van der Waals surface area contributed by atoms with E-state index in [2.05, 4.69) is 19.2 Å². The molecule has 1 aromatic rings. The van der Waals surface area contributed by atoms with Gasteiger partial charge in [-0.15, -0.1) is 0 Å². The molecule has 1 aliphatic rings. The first-order chi connectivity index (χ1) is 9.86. The molecule has 3 nitrogen and oxygen atoms in total. The zero-order valence-corrected chi connectivity index (χ0v) is 14.1. The molecular weight excluding hydrogens is 282 g/mol. The van der Waals surface area contributed by atoms with E-state index in [1.165, 1.54) is 25.5 Å². The van der Waals surface area contributed by atoms with Gasteiger partial charge in [0, 0.05) is 12.3 Å². The van der Waals surface area contributed by atoms with E-state index in [1.807, 2.05) is 12.1 Å². The summed E-state index contributed by atoms with van der Waals surface area (Å²) in [6, 6.07) is 7.63. The smallest absolute Gasteiger partial charge is 0.177 e. The summed E-state index contributed by atoms with van der Waals surface area (Å²) in [6.45, 7) is 4.55. The van der Waals surface area contributed by atoms with Crippen molar-refractivity contribution in [3.05, 3.63) is 24.3 Å². The summed E-state index contributed by atoms with van der Waals surface area (Å²) in [6.07, 6.45) is 7.37. The van der Waals surface area contributed by atoms with Crippen molar-refractivity contribution in [1.82, 2.24) is 0 Å². The third-order valence-corrected chi connectivity index (χ3v) is 5.39. The number of benzene rings is 1. The summed E-state index contributed by atoms with van der Waals surface area (Å²) >= 11 is 0. The van der Waals surface area contributed by atoms with Crippen molar-refractivity contribution in [2.45, 2.75) is 56.9 Å². The van der Waals surface area contributed by atoms with Gasteiger partial charge in [-0.3, -0.25) is 0 Å². The highest BCUT2D eigenvalue weighted by Crippen LogP contribution is 2.32. The predicted octanol–water partition coefficient (Wildman–Crippen LogP) is 4.11. The number of nitrogens with one attached hydrogen (secondary N) is 1. The van der Waals surface area contributed by atoms with Crippen LogP contribution in [0, 0.1) is 11.8 Å². The highest BCUT2D eigenvalue weighted by atomic mass is 32.2. The molecule has 0 heterocycles. The molecule has 0 radical (unpaired) electrons. The van der Waals surface area contributed by atoms with Crippen molar-refractivity contribution >= 4 is 15.5 Å². The second-order valence-electron chi connectivity index (χ2n) is 6.77. The summed E-state index contributed by atoms with van der Waals surface area (Å²) in [5.74, 6) is 1.50. The fourth-order valence-electron chi connectivity index (χ4n) is 3.43. The number of rotatable bonds is 5. The molecular formula is C17H27NO2S. The first kappa shape index (κ1) is 16.3. The first-order valence-corrected chi connectivity index (χ1v) is 9.81. The Morgan fingerprint density at radius 1 is 1.24 bits per heavy atom. The van der Waals surface area contributed by atoms with E-state index in [9.17, 15) is 8.42 Å². The first-order valence-electron chi connectivity index (χ1n) is 7.92. The van der Waals surface area contributed by atoms with Crippen LogP contribution < -0.4 is 5.32 Å². The van der Waals surface area contributed by atoms with Gasteiger partial charge >= 0.3 is 0 Å². The Hall–Kier alpha value is -1.03. The summed E-state index contributed by atoms with van der Waals surface area (Å²) < 4.78 is 23.7.